The third-order valence-corrected chi connectivity index (χ3v) is 2.64. The molecule has 0 radical (unpaired) electrons. The van der Waals surface area contributed by atoms with E-state index in [0.29, 0.717) is 39.6 Å². The van der Waals surface area contributed by atoms with Crippen LogP contribution in [-0.4, -0.2) is 58.5 Å². The second kappa shape index (κ2) is 11.8. The Balaban J connectivity index is 1.90. The molecular formula is C15H24O5. The lowest BCUT2D eigenvalue weighted by Gasteiger charge is -2.11. The lowest BCUT2D eigenvalue weighted by atomic mass is 10.1. The molecule has 20 heavy (non-hydrogen) atoms. The lowest BCUT2D eigenvalue weighted by Crippen LogP contribution is -2.13. The minimum atomic E-state index is -0.589. The van der Waals surface area contributed by atoms with Gasteiger partial charge in [0.05, 0.1) is 46.2 Å². The minimum absolute atomic E-state index is 0.276. The number of methoxy groups -OCH3 is 1. The van der Waals surface area contributed by atoms with E-state index in [-0.39, 0.29) is 6.61 Å². The number of ether oxygens (including phenoxy) is 4. The first-order chi connectivity index (χ1) is 9.84. The van der Waals surface area contributed by atoms with Crippen LogP contribution in [0.5, 0.6) is 0 Å². The monoisotopic (exact) mass is 284 g/mol. The van der Waals surface area contributed by atoms with Crippen molar-refractivity contribution >= 4 is 0 Å². The molecule has 1 aromatic rings. The molecule has 114 valence electrons. The highest BCUT2D eigenvalue weighted by Gasteiger charge is 2.06. The van der Waals surface area contributed by atoms with Crippen LogP contribution < -0.4 is 0 Å². The van der Waals surface area contributed by atoms with Gasteiger partial charge in [0.15, 0.2) is 0 Å². The van der Waals surface area contributed by atoms with Crippen molar-refractivity contribution in [1.82, 2.24) is 0 Å². The van der Waals surface area contributed by atoms with E-state index in [1.807, 2.05) is 30.3 Å². The highest BCUT2D eigenvalue weighted by molar-refractivity contribution is 5.17. The smallest absolute Gasteiger partial charge is 0.102 e. The predicted molar refractivity (Wildman–Crippen MR) is 75.7 cm³/mol. The van der Waals surface area contributed by atoms with Crippen LogP contribution in [0.3, 0.4) is 0 Å². The summed E-state index contributed by atoms with van der Waals surface area (Å²) >= 11 is 0. The molecule has 5 nitrogen and oxygen atoms in total. The van der Waals surface area contributed by atoms with Crippen molar-refractivity contribution in [2.24, 2.45) is 0 Å². The summed E-state index contributed by atoms with van der Waals surface area (Å²) in [6, 6.07) is 9.46. The molecule has 5 heteroatoms. The summed E-state index contributed by atoms with van der Waals surface area (Å²) in [5.74, 6) is 0. The second-order valence-electron chi connectivity index (χ2n) is 4.22. The molecule has 0 saturated heterocycles. The summed E-state index contributed by atoms with van der Waals surface area (Å²) in [4.78, 5) is 0. The van der Waals surface area contributed by atoms with Crippen molar-refractivity contribution in [2.45, 2.75) is 6.10 Å². The third kappa shape index (κ3) is 8.24. The van der Waals surface area contributed by atoms with Crippen LogP contribution in [0.2, 0.25) is 0 Å². The van der Waals surface area contributed by atoms with Crippen molar-refractivity contribution in [3.05, 3.63) is 35.9 Å². The van der Waals surface area contributed by atoms with Crippen molar-refractivity contribution < 1.29 is 24.1 Å². The van der Waals surface area contributed by atoms with Crippen LogP contribution >= 0.6 is 0 Å². The van der Waals surface area contributed by atoms with Gasteiger partial charge in [0.25, 0.3) is 0 Å². The molecule has 0 aliphatic carbocycles. The maximum absolute atomic E-state index is 9.85. The quantitative estimate of drug-likeness (QED) is 0.588. The summed E-state index contributed by atoms with van der Waals surface area (Å²) in [6.45, 7) is 3.50. The number of aliphatic hydroxyl groups excluding tert-OH is 1. The van der Waals surface area contributed by atoms with Crippen LogP contribution in [0, 0.1) is 0 Å². The lowest BCUT2D eigenvalue weighted by molar-refractivity contribution is -0.0148. The van der Waals surface area contributed by atoms with Gasteiger partial charge in [-0.15, -0.1) is 0 Å². The van der Waals surface area contributed by atoms with Crippen molar-refractivity contribution in [2.75, 3.05) is 53.4 Å². The maximum Gasteiger partial charge on any atom is 0.102 e. The van der Waals surface area contributed by atoms with Crippen LogP contribution in [0.1, 0.15) is 11.7 Å². The van der Waals surface area contributed by atoms with Crippen molar-refractivity contribution in [3.63, 3.8) is 0 Å². The summed E-state index contributed by atoms with van der Waals surface area (Å²) in [5, 5.41) is 9.85. The minimum Gasteiger partial charge on any atom is -0.386 e. The first-order valence-electron chi connectivity index (χ1n) is 6.79. The number of benzene rings is 1. The Morgan fingerprint density at radius 1 is 0.850 bits per heavy atom. The number of aliphatic hydroxyl groups is 1. The highest BCUT2D eigenvalue weighted by Crippen LogP contribution is 2.11. The van der Waals surface area contributed by atoms with Gasteiger partial charge >= 0.3 is 0 Å². The Bertz CT molecular complexity index is 317. The Hall–Kier alpha value is -0.980. The predicted octanol–water partition coefficient (Wildman–Crippen LogP) is 1.42. The summed E-state index contributed by atoms with van der Waals surface area (Å²) in [5.41, 5.74) is 0.861. The molecule has 1 atom stereocenters. The molecule has 1 unspecified atom stereocenters. The van der Waals surface area contributed by atoms with E-state index >= 15 is 0 Å². The summed E-state index contributed by atoms with van der Waals surface area (Å²) in [6.07, 6.45) is -0.589. The Morgan fingerprint density at radius 3 is 2.00 bits per heavy atom. The topological polar surface area (TPSA) is 57.2 Å². The molecular weight excluding hydrogens is 260 g/mol. The van der Waals surface area contributed by atoms with Crippen molar-refractivity contribution in [3.8, 4) is 0 Å². The second-order valence-corrected chi connectivity index (χ2v) is 4.22. The van der Waals surface area contributed by atoms with E-state index in [0.717, 1.165) is 5.56 Å². The molecule has 0 aliphatic rings. The van der Waals surface area contributed by atoms with Crippen LogP contribution in [0.4, 0.5) is 0 Å². The first-order valence-corrected chi connectivity index (χ1v) is 6.79. The molecule has 0 spiro atoms. The fraction of sp³-hybridized carbons (Fsp3) is 0.600. The number of hydrogen-bond acceptors (Lipinski definition) is 5. The Labute approximate surface area is 120 Å². The van der Waals surface area contributed by atoms with Gasteiger partial charge in [-0.3, -0.25) is 0 Å². The van der Waals surface area contributed by atoms with E-state index in [1.165, 1.54) is 0 Å². The number of hydrogen-bond donors (Lipinski definition) is 1. The average molecular weight is 284 g/mol. The van der Waals surface area contributed by atoms with Gasteiger partial charge in [0, 0.05) is 7.11 Å². The summed E-state index contributed by atoms with van der Waals surface area (Å²) < 4.78 is 20.8. The van der Waals surface area contributed by atoms with E-state index in [4.69, 9.17) is 18.9 Å². The van der Waals surface area contributed by atoms with Gasteiger partial charge in [-0.2, -0.15) is 0 Å². The third-order valence-electron chi connectivity index (χ3n) is 2.64. The average Bonchev–Trinajstić information content (AvgIpc) is 2.50. The molecule has 1 rings (SSSR count). The van der Waals surface area contributed by atoms with Gasteiger partial charge in [-0.25, -0.2) is 0 Å². The molecule has 1 N–H and O–H groups in total. The van der Waals surface area contributed by atoms with E-state index < -0.39 is 6.10 Å². The molecule has 0 aromatic heterocycles. The maximum atomic E-state index is 9.85. The molecule has 0 heterocycles. The molecule has 0 aliphatic heterocycles. The Morgan fingerprint density at radius 2 is 1.40 bits per heavy atom. The van der Waals surface area contributed by atoms with Crippen LogP contribution in [-0.2, 0) is 18.9 Å². The van der Waals surface area contributed by atoms with Gasteiger partial charge < -0.3 is 24.1 Å². The normalized spacial score (nSPS) is 12.5. The summed E-state index contributed by atoms with van der Waals surface area (Å²) in [7, 11) is 1.64. The van der Waals surface area contributed by atoms with Crippen molar-refractivity contribution in [1.29, 1.82) is 0 Å². The fourth-order valence-corrected chi connectivity index (χ4v) is 1.55. The number of rotatable bonds is 12. The van der Waals surface area contributed by atoms with E-state index in [1.54, 1.807) is 7.11 Å². The zero-order chi connectivity index (χ0) is 14.5. The SMILES string of the molecule is COCCOCCOCCOCC(O)c1ccccc1. The van der Waals surface area contributed by atoms with Gasteiger partial charge in [-0.1, -0.05) is 30.3 Å². The van der Waals surface area contributed by atoms with Gasteiger partial charge in [-0.05, 0) is 5.56 Å². The molecule has 0 amide bonds. The highest BCUT2D eigenvalue weighted by atomic mass is 16.6. The zero-order valence-electron chi connectivity index (χ0n) is 12.0. The largest absolute Gasteiger partial charge is 0.386 e. The van der Waals surface area contributed by atoms with Crippen LogP contribution in [0.25, 0.3) is 0 Å². The van der Waals surface area contributed by atoms with Gasteiger partial charge in [0.1, 0.15) is 6.10 Å². The molecule has 0 bridgehead atoms. The zero-order valence-corrected chi connectivity index (χ0v) is 12.0. The molecule has 0 saturated carbocycles. The fourth-order valence-electron chi connectivity index (χ4n) is 1.55. The van der Waals surface area contributed by atoms with Crippen LogP contribution in [0.15, 0.2) is 30.3 Å². The van der Waals surface area contributed by atoms with E-state index in [2.05, 4.69) is 0 Å². The van der Waals surface area contributed by atoms with E-state index in [9.17, 15) is 5.11 Å². The standard InChI is InChI=1S/C15H24O5/c1-17-7-8-18-9-10-19-11-12-20-13-15(16)14-5-3-2-4-6-14/h2-6,15-16H,7-13H2,1H3. The Kier molecular flexibility index (Phi) is 10.1. The van der Waals surface area contributed by atoms with Gasteiger partial charge in [0.2, 0.25) is 0 Å². The molecule has 0 fully saturated rings. The molecule has 1 aromatic carbocycles. The first kappa shape index (κ1) is 17.1.